The molecule has 1 heterocycles. The van der Waals surface area contributed by atoms with Crippen LogP contribution in [0.3, 0.4) is 0 Å². The van der Waals surface area contributed by atoms with Gasteiger partial charge in [-0.3, -0.25) is 5.43 Å². The van der Waals surface area contributed by atoms with Crippen LogP contribution in [0.15, 0.2) is 5.10 Å². The van der Waals surface area contributed by atoms with Gasteiger partial charge in [0.05, 0.1) is 0 Å². The molecule has 1 rings (SSSR count). The van der Waals surface area contributed by atoms with Crippen LogP contribution in [-0.2, 0) is 4.79 Å². The number of nitrogens with zero attached hydrogens (tertiary/aromatic N) is 1. The van der Waals surface area contributed by atoms with E-state index in [-0.39, 0.29) is 12.0 Å². The molecule has 0 aliphatic carbocycles. The van der Waals surface area contributed by atoms with E-state index >= 15 is 0 Å². The first kappa shape index (κ1) is 5.28. The summed E-state index contributed by atoms with van der Waals surface area (Å²) in [6.07, 6.45) is 2.61. The summed E-state index contributed by atoms with van der Waals surface area (Å²) in [7, 11) is 0. The molecular weight excluding hydrogens is 104 g/mol. The Morgan fingerprint density at radius 2 is 2.62 bits per heavy atom. The molecule has 2 atom stereocenters. The number of rotatable bonds is 1. The van der Waals surface area contributed by atoms with Crippen molar-refractivity contribution in [3.8, 4) is 0 Å². The third-order valence-corrected chi connectivity index (χ3v) is 1.25. The molecule has 2 unspecified atom stereocenters. The van der Waals surface area contributed by atoms with Crippen LogP contribution in [0.5, 0.6) is 0 Å². The summed E-state index contributed by atoms with van der Waals surface area (Å²) in [5.41, 5.74) is 2.66. The second-order valence-electron chi connectivity index (χ2n) is 1.93. The van der Waals surface area contributed by atoms with Gasteiger partial charge in [-0.25, -0.2) is 0 Å². The molecule has 0 aromatic heterocycles. The first-order valence-electron chi connectivity index (χ1n) is 2.58. The minimum absolute atomic E-state index is 0.0880. The summed E-state index contributed by atoms with van der Waals surface area (Å²) in [6, 6.07) is -0.0880. The first-order valence-corrected chi connectivity index (χ1v) is 2.58. The van der Waals surface area contributed by atoms with Crippen molar-refractivity contribution in [1.82, 2.24) is 5.43 Å². The molecule has 3 heteroatoms. The van der Waals surface area contributed by atoms with Gasteiger partial charge in [0.15, 0.2) is 0 Å². The Hall–Kier alpha value is -0.860. The number of nitrogens with one attached hydrogen (secondary N) is 1. The van der Waals surface area contributed by atoms with E-state index in [2.05, 4.69) is 10.5 Å². The van der Waals surface area contributed by atoms with Gasteiger partial charge in [0, 0.05) is 12.1 Å². The molecule has 8 heavy (non-hydrogen) atoms. The zero-order valence-electron chi connectivity index (χ0n) is 4.66. The van der Waals surface area contributed by atoms with E-state index < -0.39 is 0 Å². The van der Waals surface area contributed by atoms with E-state index in [1.165, 1.54) is 0 Å². The third kappa shape index (κ3) is 0.710. The predicted molar refractivity (Wildman–Crippen MR) is 30.6 cm³/mol. The lowest BCUT2D eigenvalue weighted by atomic mass is 10.1. The van der Waals surface area contributed by atoms with Gasteiger partial charge in [-0.15, -0.1) is 0 Å². The Bertz CT molecular complexity index is 122. The minimum atomic E-state index is -0.0880. The third-order valence-electron chi connectivity index (χ3n) is 1.25. The van der Waals surface area contributed by atoms with Crippen LogP contribution in [0.25, 0.3) is 0 Å². The fourth-order valence-corrected chi connectivity index (χ4v) is 0.611. The van der Waals surface area contributed by atoms with Crippen molar-refractivity contribution in [2.45, 2.75) is 13.0 Å². The quantitative estimate of drug-likeness (QED) is 0.476. The van der Waals surface area contributed by atoms with Gasteiger partial charge in [0.1, 0.15) is 12.3 Å². The Labute approximate surface area is 47.8 Å². The lowest BCUT2D eigenvalue weighted by Gasteiger charge is -2.02. The normalized spacial score (nSPS) is 34.6. The minimum Gasteiger partial charge on any atom is -0.301 e. The zero-order valence-corrected chi connectivity index (χ0v) is 4.66. The molecule has 0 amide bonds. The van der Waals surface area contributed by atoms with Gasteiger partial charge in [-0.1, -0.05) is 6.92 Å². The van der Waals surface area contributed by atoms with E-state index in [4.69, 9.17) is 0 Å². The highest BCUT2D eigenvalue weighted by molar-refractivity contribution is 5.73. The fraction of sp³-hybridized carbons (Fsp3) is 0.600. The molecule has 44 valence electrons. The number of aldehydes is 1. The smallest absolute Gasteiger partial charge is 0.144 e. The predicted octanol–water partition coefficient (Wildman–Crippen LogP) is -0.221. The van der Waals surface area contributed by atoms with Crippen LogP contribution in [0.2, 0.25) is 0 Å². The standard InChI is InChI=1S/C5H8N2O/c1-4-2-6-7-5(4)3-8/h2-5,7H,1H3. The summed E-state index contributed by atoms with van der Waals surface area (Å²) in [4.78, 5) is 10.1. The van der Waals surface area contributed by atoms with Crippen molar-refractivity contribution in [3.63, 3.8) is 0 Å². The molecule has 0 saturated heterocycles. The Kier molecular flexibility index (Phi) is 1.28. The van der Waals surface area contributed by atoms with Crippen molar-refractivity contribution in [1.29, 1.82) is 0 Å². The molecule has 1 aliphatic rings. The molecule has 3 nitrogen and oxygen atoms in total. The van der Waals surface area contributed by atoms with E-state index in [0.717, 1.165) is 6.29 Å². The molecule has 1 N–H and O–H groups in total. The summed E-state index contributed by atoms with van der Waals surface area (Å²) >= 11 is 0. The van der Waals surface area contributed by atoms with Crippen molar-refractivity contribution in [2.24, 2.45) is 11.0 Å². The summed E-state index contributed by atoms with van der Waals surface area (Å²) in [5.74, 6) is 0.257. The van der Waals surface area contributed by atoms with Gasteiger partial charge in [-0.2, -0.15) is 5.10 Å². The Morgan fingerprint density at radius 1 is 1.88 bits per heavy atom. The average molecular weight is 112 g/mol. The topological polar surface area (TPSA) is 41.5 Å². The van der Waals surface area contributed by atoms with Crippen molar-refractivity contribution in [2.75, 3.05) is 0 Å². The fourth-order valence-electron chi connectivity index (χ4n) is 0.611. The number of hydrazone groups is 1. The first-order chi connectivity index (χ1) is 3.84. The number of hydrogen-bond acceptors (Lipinski definition) is 3. The number of hydrogen-bond donors (Lipinski definition) is 1. The second kappa shape index (κ2) is 1.94. The highest BCUT2D eigenvalue weighted by Crippen LogP contribution is 2.01. The maximum absolute atomic E-state index is 10.1. The van der Waals surface area contributed by atoms with E-state index in [0.29, 0.717) is 0 Å². The molecular formula is C5H8N2O. The SMILES string of the molecule is CC1C=NNC1C=O. The van der Waals surface area contributed by atoms with Gasteiger partial charge in [-0.05, 0) is 0 Å². The van der Waals surface area contributed by atoms with Crippen LogP contribution >= 0.6 is 0 Å². The van der Waals surface area contributed by atoms with Crippen molar-refractivity contribution < 1.29 is 4.79 Å². The van der Waals surface area contributed by atoms with Crippen LogP contribution in [0.1, 0.15) is 6.92 Å². The lowest BCUT2D eigenvalue weighted by molar-refractivity contribution is -0.109. The van der Waals surface area contributed by atoms with Crippen molar-refractivity contribution >= 4 is 12.5 Å². The largest absolute Gasteiger partial charge is 0.301 e. The van der Waals surface area contributed by atoms with Gasteiger partial charge >= 0.3 is 0 Å². The van der Waals surface area contributed by atoms with Gasteiger partial charge in [0.25, 0.3) is 0 Å². The molecule has 0 bridgehead atoms. The van der Waals surface area contributed by atoms with Gasteiger partial charge < -0.3 is 4.79 Å². The zero-order chi connectivity index (χ0) is 5.98. The summed E-state index contributed by atoms with van der Waals surface area (Å²) in [5, 5.41) is 3.71. The van der Waals surface area contributed by atoms with E-state index in [1.807, 2.05) is 6.92 Å². The molecule has 0 spiro atoms. The molecule has 0 aromatic carbocycles. The highest BCUT2D eigenvalue weighted by atomic mass is 16.1. The molecule has 1 aliphatic heterocycles. The monoisotopic (exact) mass is 112 g/mol. The molecule has 0 aromatic rings. The highest BCUT2D eigenvalue weighted by Gasteiger charge is 2.17. The Morgan fingerprint density at radius 3 is 2.88 bits per heavy atom. The summed E-state index contributed by atoms with van der Waals surface area (Å²) < 4.78 is 0. The maximum Gasteiger partial charge on any atom is 0.144 e. The van der Waals surface area contributed by atoms with Crippen LogP contribution in [-0.4, -0.2) is 18.5 Å². The van der Waals surface area contributed by atoms with Crippen LogP contribution in [0.4, 0.5) is 0 Å². The van der Waals surface area contributed by atoms with Crippen LogP contribution < -0.4 is 5.43 Å². The number of carbonyl (C=O) groups excluding carboxylic acids is 1. The maximum atomic E-state index is 10.1. The number of carbonyl (C=O) groups is 1. The molecule has 0 saturated carbocycles. The molecule has 0 radical (unpaired) electrons. The average Bonchev–Trinajstić information content (AvgIpc) is 2.14. The van der Waals surface area contributed by atoms with E-state index in [9.17, 15) is 4.79 Å². The van der Waals surface area contributed by atoms with Crippen molar-refractivity contribution in [3.05, 3.63) is 0 Å². The van der Waals surface area contributed by atoms with Crippen LogP contribution in [0, 0.1) is 5.92 Å². The summed E-state index contributed by atoms with van der Waals surface area (Å²) in [6.45, 7) is 1.95. The Balaban J connectivity index is 2.50. The van der Waals surface area contributed by atoms with E-state index in [1.54, 1.807) is 6.21 Å². The lowest BCUT2D eigenvalue weighted by Crippen LogP contribution is -2.26. The molecule has 0 fully saturated rings. The second-order valence-corrected chi connectivity index (χ2v) is 1.93. The van der Waals surface area contributed by atoms with Gasteiger partial charge in [0.2, 0.25) is 0 Å².